The Kier molecular flexibility index (Phi) is 5.01. The number of aliphatic hydroxyl groups excluding tert-OH is 1. The summed E-state index contributed by atoms with van der Waals surface area (Å²) in [5.74, 6) is -0.863. The molecule has 5 nitrogen and oxygen atoms in total. The Morgan fingerprint density at radius 1 is 1.52 bits per heavy atom. The number of rotatable bonds is 5. The number of likely N-dealkylation sites (tertiary alicyclic amines) is 1. The van der Waals surface area contributed by atoms with Gasteiger partial charge < -0.3 is 10.2 Å². The van der Waals surface area contributed by atoms with Crippen LogP contribution in [0.25, 0.3) is 0 Å². The molecule has 0 aromatic carbocycles. The molecule has 0 spiro atoms. The van der Waals surface area contributed by atoms with E-state index in [0.717, 1.165) is 17.1 Å². The number of carboxylic acids is 1. The lowest BCUT2D eigenvalue weighted by atomic mass is 9.73. The van der Waals surface area contributed by atoms with Crippen molar-refractivity contribution in [2.24, 2.45) is 5.41 Å². The van der Waals surface area contributed by atoms with Crippen molar-refractivity contribution in [3.05, 3.63) is 15.6 Å². The first-order chi connectivity index (χ1) is 9.89. The van der Waals surface area contributed by atoms with Crippen molar-refractivity contribution in [1.29, 1.82) is 0 Å². The van der Waals surface area contributed by atoms with Gasteiger partial charge in [-0.05, 0) is 33.2 Å². The minimum Gasteiger partial charge on any atom is -0.481 e. The zero-order valence-electron chi connectivity index (χ0n) is 12.9. The van der Waals surface area contributed by atoms with E-state index in [4.69, 9.17) is 0 Å². The topological polar surface area (TPSA) is 73.7 Å². The molecule has 6 heteroatoms. The summed E-state index contributed by atoms with van der Waals surface area (Å²) in [5.41, 5.74) is 0.0818. The van der Waals surface area contributed by atoms with Gasteiger partial charge in [0.25, 0.3) is 0 Å². The lowest BCUT2D eigenvalue weighted by Crippen LogP contribution is -2.54. The van der Waals surface area contributed by atoms with Gasteiger partial charge in [-0.25, -0.2) is 4.98 Å². The van der Waals surface area contributed by atoms with Gasteiger partial charge in [0.05, 0.1) is 23.8 Å². The number of aliphatic carboxylic acids is 1. The van der Waals surface area contributed by atoms with Crippen LogP contribution in [0.5, 0.6) is 0 Å². The largest absolute Gasteiger partial charge is 0.481 e. The first kappa shape index (κ1) is 16.4. The summed E-state index contributed by atoms with van der Waals surface area (Å²) in [5, 5.41) is 20.9. The zero-order chi connectivity index (χ0) is 15.6. The lowest BCUT2D eigenvalue weighted by Gasteiger charge is -2.42. The number of carboxylic acid groups (broad SMARTS) is 1. The summed E-state index contributed by atoms with van der Waals surface area (Å²) < 4.78 is 0. The van der Waals surface area contributed by atoms with E-state index in [-0.39, 0.29) is 0 Å². The van der Waals surface area contributed by atoms with E-state index >= 15 is 0 Å². The number of carbonyl (C=O) groups is 1. The number of thiazole rings is 1. The molecule has 1 aliphatic heterocycles. The van der Waals surface area contributed by atoms with E-state index < -0.39 is 17.5 Å². The highest BCUT2D eigenvalue weighted by Crippen LogP contribution is 2.37. The standard InChI is InChI=1S/C15H24N2O3S/c1-4-5-15(14(19)20)6-7-17(8-12(15)18)9-13-16-10(2)11(3)21-13/h12,18H,4-9H2,1-3H3,(H,19,20)/t12-,15-/m0/s1. The molecule has 118 valence electrons. The smallest absolute Gasteiger partial charge is 0.312 e. The highest BCUT2D eigenvalue weighted by Gasteiger charge is 2.47. The normalized spacial score (nSPS) is 27.0. The SMILES string of the molecule is CCC[C@]1(C(=O)O)CCN(Cc2nc(C)c(C)s2)C[C@@H]1O. The summed E-state index contributed by atoms with van der Waals surface area (Å²) in [6.07, 6.45) is 0.993. The van der Waals surface area contributed by atoms with Gasteiger partial charge in [0, 0.05) is 11.4 Å². The molecule has 0 saturated carbocycles. The van der Waals surface area contributed by atoms with E-state index in [2.05, 4.69) is 16.8 Å². The Balaban J connectivity index is 2.04. The maximum Gasteiger partial charge on any atom is 0.312 e. The van der Waals surface area contributed by atoms with Crippen molar-refractivity contribution in [1.82, 2.24) is 9.88 Å². The predicted octanol–water partition coefficient (Wildman–Crippen LogP) is 2.20. The first-order valence-electron chi connectivity index (χ1n) is 7.45. The van der Waals surface area contributed by atoms with Crippen LogP contribution < -0.4 is 0 Å². The van der Waals surface area contributed by atoms with Crippen molar-refractivity contribution in [3.8, 4) is 0 Å². The second kappa shape index (κ2) is 6.42. The molecule has 1 aromatic heterocycles. The molecule has 0 unspecified atom stereocenters. The third-order valence-corrected chi connectivity index (χ3v) is 5.55. The van der Waals surface area contributed by atoms with Crippen LogP contribution in [0, 0.1) is 19.3 Å². The number of aliphatic hydroxyl groups is 1. The van der Waals surface area contributed by atoms with E-state index in [9.17, 15) is 15.0 Å². The molecule has 1 saturated heterocycles. The Labute approximate surface area is 129 Å². The molecular weight excluding hydrogens is 288 g/mol. The molecule has 2 atom stereocenters. The number of aromatic nitrogens is 1. The number of nitrogens with zero attached hydrogens (tertiary/aromatic N) is 2. The van der Waals surface area contributed by atoms with Crippen LogP contribution >= 0.6 is 11.3 Å². The van der Waals surface area contributed by atoms with Gasteiger partial charge in [-0.15, -0.1) is 11.3 Å². The summed E-state index contributed by atoms with van der Waals surface area (Å²) in [6.45, 7) is 7.81. The summed E-state index contributed by atoms with van der Waals surface area (Å²) in [4.78, 5) is 19.4. The van der Waals surface area contributed by atoms with Gasteiger partial charge in [-0.3, -0.25) is 9.69 Å². The molecule has 0 bridgehead atoms. The van der Waals surface area contributed by atoms with Crippen LogP contribution in [0.15, 0.2) is 0 Å². The lowest BCUT2D eigenvalue weighted by molar-refractivity contribution is -0.164. The molecule has 0 amide bonds. The Morgan fingerprint density at radius 3 is 2.71 bits per heavy atom. The second-order valence-electron chi connectivity index (χ2n) is 5.96. The fourth-order valence-electron chi connectivity index (χ4n) is 3.07. The number of piperidine rings is 1. The monoisotopic (exact) mass is 312 g/mol. The van der Waals surface area contributed by atoms with Gasteiger partial charge in [-0.2, -0.15) is 0 Å². The van der Waals surface area contributed by atoms with Crippen molar-refractivity contribution in [3.63, 3.8) is 0 Å². The Hall–Kier alpha value is -0.980. The van der Waals surface area contributed by atoms with Crippen LogP contribution in [-0.2, 0) is 11.3 Å². The van der Waals surface area contributed by atoms with Crippen LogP contribution in [0.3, 0.4) is 0 Å². The highest BCUT2D eigenvalue weighted by atomic mass is 32.1. The third-order valence-electron chi connectivity index (χ3n) is 4.50. The van der Waals surface area contributed by atoms with Crippen molar-refractivity contribution in [2.45, 2.75) is 52.7 Å². The Morgan fingerprint density at radius 2 is 2.24 bits per heavy atom. The van der Waals surface area contributed by atoms with E-state index in [1.54, 1.807) is 11.3 Å². The van der Waals surface area contributed by atoms with Crippen molar-refractivity contribution < 1.29 is 15.0 Å². The maximum atomic E-state index is 11.6. The minimum atomic E-state index is -0.972. The molecule has 0 aliphatic carbocycles. The predicted molar refractivity (Wildman–Crippen MR) is 82.5 cm³/mol. The van der Waals surface area contributed by atoms with Crippen LogP contribution in [0.2, 0.25) is 0 Å². The number of hydrogen-bond acceptors (Lipinski definition) is 5. The highest BCUT2D eigenvalue weighted by molar-refractivity contribution is 7.11. The maximum absolute atomic E-state index is 11.6. The molecule has 1 fully saturated rings. The van der Waals surface area contributed by atoms with Gasteiger partial charge in [0.2, 0.25) is 0 Å². The molecule has 21 heavy (non-hydrogen) atoms. The number of hydrogen-bond donors (Lipinski definition) is 2. The molecular formula is C15H24N2O3S. The molecule has 0 radical (unpaired) electrons. The van der Waals surface area contributed by atoms with Gasteiger partial charge >= 0.3 is 5.97 Å². The zero-order valence-corrected chi connectivity index (χ0v) is 13.7. The average molecular weight is 312 g/mol. The summed E-state index contributed by atoms with van der Waals surface area (Å²) in [7, 11) is 0. The van der Waals surface area contributed by atoms with Crippen molar-refractivity contribution in [2.75, 3.05) is 13.1 Å². The molecule has 1 aromatic rings. The average Bonchev–Trinajstić information content (AvgIpc) is 2.71. The summed E-state index contributed by atoms with van der Waals surface area (Å²) in [6, 6.07) is 0. The van der Waals surface area contributed by atoms with E-state index in [1.165, 1.54) is 4.88 Å². The van der Waals surface area contributed by atoms with E-state index in [1.807, 2.05) is 13.8 Å². The molecule has 2 heterocycles. The fraction of sp³-hybridized carbons (Fsp3) is 0.733. The fourth-order valence-corrected chi connectivity index (χ4v) is 4.05. The second-order valence-corrected chi connectivity index (χ2v) is 7.25. The summed E-state index contributed by atoms with van der Waals surface area (Å²) >= 11 is 1.67. The third kappa shape index (κ3) is 3.27. The minimum absolute atomic E-state index is 0.407. The molecule has 2 N–H and O–H groups in total. The van der Waals surface area contributed by atoms with Gasteiger partial charge in [-0.1, -0.05) is 13.3 Å². The Bertz CT molecular complexity index is 498. The first-order valence-corrected chi connectivity index (χ1v) is 8.27. The van der Waals surface area contributed by atoms with Crippen LogP contribution in [0.1, 0.15) is 41.8 Å². The van der Waals surface area contributed by atoms with E-state index in [0.29, 0.717) is 32.5 Å². The number of β-amino-alcohol motifs (C(OH)–C–C–N with tert-alkyl or cyclic N) is 1. The quantitative estimate of drug-likeness (QED) is 0.872. The molecule has 1 aliphatic rings. The van der Waals surface area contributed by atoms with Crippen molar-refractivity contribution >= 4 is 17.3 Å². The van der Waals surface area contributed by atoms with Crippen LogP contribution in [0.4, 0.5) is 0 Å². The molecule has 2 rings (SSSR count). The van der Waals surface area contributed by atoms with Gasteiger partial charge in [0.1, 0.15) is 5.01 Å². The number of aryl methyl sites for hydroxylation is 2. The van der Waals surface area contributed by atoms with Gasteiger partial charge in [0.15, 0.2) is 0 Å². The van der Waals surface area contributed by atoms with Crippen LogP contribution in [-0.4, -0.2) is 45.3 Å².